The molecule has 9 nitrogen and oxygen atoms in total. The second-order valence-corrected chi connectivity index (χ2v) is 11.6. The molecule has 2 heterocycles. The van der Waals surface area contributed by atoms with Gasteiger partial charge in [0.15, 0.2) is 0 Å². The minimum absolute atomic E-state index is 0.146. The van der Waals surface area contributed by atoms with Crippen LogP contribution in [0.3, 0.4) is 0 Å². The number of imidazole rings is 1. The molecule has 1 aliphatic heterocycles. The van der Waals surface area contributed by atoms with E-state index in [1.54, 1.807) is 35.6 Å². The largest absolute Gasteiger partial charge is 0.481 e. The van der Waals surface area contributed by atoms with Gasteiger partial charge in [0, 0.05) is 61.5 Å². The smallest absolute Gasteiger partial charge is 0.315 e. The number of aryl methyl sites for hydroxylation is 1. The monoisotopic (exact) mass is 577 g/mol. The number of carboxylic acids is 1. The Kier molecular flexibility index (Phi) is 9.77. The van der Waals surface area contributed by atoms with Crippen molar-refractivity contribution in [2.24, 2.45) is 18.4 Å². The highest BCUT2D eigenvalue weighted by Crippen LogP contribution is 2.46. The van der Waals surface area contributed by atoms with E-state index in [1.165, 1.54) is 0 Å². The normalized spacial score (nSPS) is 18.4. The van der Waals surface area contributed by atoms with Crippen LogP contribution >= 0.6 is 23.2 Å². The number of amides is 3. The molecule has 1 aromatic heterocycles. The van der Waals surface area contributed by atoms with Crippen molar-refractivity contribution in [1.29, 1.82) is 0 Å². The van der Waals surface area contributed by atoms with Crippen LogP contribution in [-0.4, -0.2) is 63.1 Å². The van der Waals surface area contributed by atoms with Gasteiger partial charge in [0.25, 0.3) is 0 Å². The van der Waals surface area contributed by atoms with Crippen molar-refractivity contribution in [3.05, 3.63) is 52.0 Å². The SMILES string of the molecule is Cn1cncc1CCNC(=O)NC(Cc1ccc(Cl)cc1Cl)C(=O)N1CCC(C(=O)O)(C2CCCCC2)CC1. The second-order valence-electron chi connectivity index (χ2n) is 10.8. The Morgan fingerprint density at radius 1 is 1.15 bits per heavy atom. The summed E-state index contributed by atoms with van der Waals surface area (Å²) in [6, 6.07) is 3.74. The van der Waals surface area contributed by atoms with Crippen LogP contribution in [0.25, 0.3) is 0 Å². The first-order chi connectivity index (χ1) is 18.7. The van der Waals surface area contributed by atoms with E-state index in [1.807, 2.05) is 11.6 Å². The second kappa shape index (κ2) is 13.0. The third-order valence-corrected chi connectivity index (χ3v) is 8.99. The maximum absolute atomic E-state index is 13.7. The van der Waals surface area contributed by atoms with Gasteiger partial charge in [-0.05, 0) is 49.3 Å². The fourth-order valence-electron chi connectivity index (χ4n) is 6.04. The number of nitrogens with one attached hydrogen (secondary N) is 2. The zero-order chi connectivity index (χ0) is 28.0. The summed E-state index contributed by atoms with van der Waals surface area (Å²) in [5, 5.41) is 16.8. The first-order valence-corrected chi connectivity index (χ1v) is 14.4. The molecule has 1 aliphatic carbocycles. The van der Waals surface area contributed by atoms with Crippen LogP contribution in [0.5, 0.6) is 0 Å². The van der Waals surface area contributed by atoms with Crippen LogP contribution in [0.2, 0.25) is 10.0 Å². The van der Waals surface area contributed by atoms with E-state index in [0.29, 0.717) is 54.5 Å². The molecule has 2 fully saturated rings. The van der Waals surface area contributed by atoms with E-state index in [2.05, 4.69) is 15.6 Å². The predicted molar refractivity (Wildman–Crippen MR) is 150 cm³/mol. The van der Waals surface area contributed by atoms with Gasteiger partial charge < -0.3 is 25.2 Å². The van der Waals surface area contributed by atoms with Crippen molar-refractivity contribution in [2.45, 2.75) is 63.8 Å². The van der Waals surface area contributed by atoms with Gasteiger partial charge in [-0.1, -0.05) is 48.5 Å². The van der Waals surface area contributed by atoms with Gasteiger partial charge in [0.1, 0.15) is 6.04 Å². The highest BCUT2D eigenvalue weighted by atomic mass is 35.5. The van der Waals surface area contributed by atoms with E-state index in [-0.39, 0.29) is 18.2 Å². The van der Waals surface area contributed by atoms with E-state index in [0.717, 1.165) is 37.8 Å². The number of rotatable bonds is 9. The highest BCUT2D eigenvalue weighted by Gasteiger charge is 2.48. The number of benzene rings is 1. The number of halogens is 2. The Labute approximate surface area is 239 Å². The van der Waals surface area contributed by atoms with Crippen LogP contribution in [0.15, 0.2) is 30.7 Å². The Morgan fingerprint density at radius 3 is 2.49 bits per heavy atom. The number of hydrogen-bond donors (Lipinski definition) is 3. The Bertz CT molecular complexity index is 1170. The average molecular weight is 579 g/mol. The number of nitrogens with zero attached hydrogens (tertiary/aromatic N) is 3. The average Bonchev–Trinajstić information content (AvgIpc) is 3.34. The van der Waals surface area contributed by atoms with Crippen molar-refractivity contribution in [3.63, 3.8) is 0 Å². The summed E-state index contributed by atoms with van der Waals surface area (Å²) >= 11 is 12.5. The van der Waals surface area contributed by atoms with Crippen LogP contribution in [-0.2, 0) is 29.5 Å². The molecular weight excluding hydrogens is 541 g/mol. The molecule has 0 spiro atoms. The molecule has 3 amide bonds. The number of urea groups is 1. The van der Waals surface area contributed by atoms with Crippen LogP contribution in [0.1, 0.15) is 56.2 Å². The summed E-state index contributed by atoms with van der Waals surface area (Å²) in [5.41, 5.74) is 0.876. The van der Waals surface area contributed by atoms with Crippen molar-refractivity contribution in [2.75, 3.05) is 19.6 Å². The standard InChI is InChI=1S/C28H37Cl2N5O4/c1-34-18-31-17-22(34)9-12-32-27(39)33-24(15-19-7-8-21(29)16-23(19)30)25(36)35-13-10-28(11-14-35,26(37)38)20-5-3-2-4-6-20/h7-8,16-18,20,24H,2-6,9-15H2,1H3,(H,37,38)(H2,32,33,39). The Balaban J connectivity index is 1.43. The molecule has 1 atom stereocenters. The maximum atomic E-state index is 13.7. The van der Waals surface area contributed by atoms with Crippen LogP contribution in [0.4, 0.5) is 4.79 Å². The zero-order valence-electron chi connectivity index (χ0n) is 22.3. The Morgan fingerprint density at radius 2 is 1.87 bits per heavy atom. The number of aliphatic carboxylic acids is 1. The number of likely N-dealkylation sites (tertiary alicyclic amines) is 1. The van der Waals surface area contributed by atoms with E-state index in [4.69, 9.17) is 23.2 Å². The van der Waals surface area contributed by atoms with Crippen molar-refractivity contribution in [3.8, 4) is 0 Å². The number of hydrogen-bond acceptors (Lipinski definition) is 4. The van der Waals surface area contributed by atoms with E-state index < -0.39 is 23.5 Å². The number of carbonyl (C=O) groups is 3. The molecule has 1 saturated heterocycles. The fourth-order valence-corrected chi connectivity index (χ4v) is 6.53. The minimum Gasteiger partial charge on any atom is -0.481 e. The van der Waals surface area contributed by atoms with Crippen molar-refractivity contribution in [1.82, 2.24) is 25.1 Å². The number of carboxylic acid groups (broad SMARTS) is 1. The van der Waals surface area contributed by atoms with Gasteiger partial charge in [-0.3, -0.25) is 9.59 Å². The number of piperidine rings is 1. The van der Waals surface area contributed by atoms with Gasteiger partial charge in [0.05, 0.1) is 11.7 Å². The summed E-state index contributed by atoms with van der Waals surface area (Å²) in [5.74, 6) is -0.852. The molecule has 1 aromatic carbocycles. The van der Waals surface area contributed by atoms with Crippen LogP contribution in [0, 0.1) is 11.3 Å². The molecule has 4 rings (SSSR count). The third kappa shape index (κ3) is 7.06. The quantitative estimate of drug-likeness (QED) is 0.407. The van der Waals surface area contributed by atoms with Crippen LogP contribution < -0.4 is 10.6 Å². The Hall–Kier alpha value is -2.78. The molecule has 3 N–H and O–H groups in total. The molecule has 212 valence electrons. The first kappa shape index (κ1) is 29.2. The molecule has 11 heteroatoms. The molecule has 1 saturated carbocycles. The minimum atomic E-state index is -0.868. The molecule has 0 bridgehead atoms. The molecular formula is C28H37Cl2N5O4. The summed E-state index contributed by atoms with van der Waals surface area (Å²) < 4.78 is 1.88. The topological polar surface area (TPSA) is 117 Å². The highest BCUT2D eigenvalue weighted by molar-refractivity contribution is 6.35. The molecule has 2 aliphatic rings. The van der Waals surface area contributed by atoms with Gasteiger partial charge in [0.2, 0.25) is 5.91 Å². The fraction of sp³-hybridized carbons (Fsp3) is 0.571. The lowest BCUT2D eigenvalue weighted by atomic mass is 9.64. The van der Waals surface area contributed by atoms with Gasteiger partial charge in [-0.15, -0.1) is 0 Å². The third-order valence-electron chi connectivity index (χ3n) is 8.41. The lowest BCUT2D eigenvalue weighted by molar-refractivity contribution is -0.160. The summed E-state index contributed by atoms with van der Waals surface area (Å²) in [6.45, 7) is 1.06. The first-order valence-electron chi connectivity index (χ1n) is 13.7. The van der Waals surface area contributed by atoms with Crippen molar-refractivity contribution < 1.29 is 19.5 Å². The molecule has 39 heavy (non-hydrogen) atoms. The lowest BCUT2D eigenvalue weighted by Crippen LogP contribution is -2.56. The van der Waals surface area contributed by atoms with Gasteiger partial charge >= 0.3 is 12.0 Å². The maximum Gasteiger partial charge on any atom is 0.315 e. The molecule has 1 unspecified atom stereocenters. The number of aromatic nitrogens is 2. The van der Waals surface area contributed by atoms with E-state index >= 15 is 0 Å². The summed E-state index contributed by atoms with van der Waals surface area (Å²) in [4.78, 5) is 44.8. The summed E-state index contributed by atoms with van der Waals surface area (Å²) in [7, 11) is 1.89. The van der Waals surface area contributed by atoms with Gasteiger partial charge in [-0.2, -0.15) is 0 Å². The van der Waals surface area contributed by atoms with E-state index in [9.17, 15) is 19.5 Å². The van der Waals surface area contributed by atoms with Crippen molar-refractivity contribution >= 4 is 41.1 Å². The zero-order valence-corrected chi connectivity index (χ0v) is 23.8. The lowest BCUT2D eigenvalue weighted by Gasteiger charge is -2.45. The predicted octanol–water partition coefficient (Wildman–Crippen LogP) is 4.45. The summed E-state index contributed by atoms with van der Waals surface area (Å²) in [6.07, 6.45) is 10.2. The molecule has 2 aromatic rings. The molecule has 0 radical (unpaired) electrons. The number of carbonyl (C=O) groups excluding carboxylic acids is 2. The van der Waals surface area contributed by atoms with Gasteiger partial charge in [-0.25, -0.2) is 9.78 Å².